The molecule has 0 aromatic rings. The Morgan fingerprint density at radius 3 is 2.53 bits per heavy atom. The molecule has 0 N–H and O–H groups in total. The van der Waals surface area contributed by atoms with Gasteiger partial charge in [-0.1, -0.05) is 32.1 Å². The zero-order chi connectivity index (χ0) is 14.1. The van der Waals surface area contributed by atoms with Crippen LogP contribution >= 0.6 is 0 Å². The Labute approximate surface area is 117 Å². The Morgan fingerprint density at radius 2 is 2.00 bits per heavy atom. The van der Waals surface area contributed by atoms with Crippen LogP contribution in [0.25, 0.3) is 0 Å². The van der Waals surface area contributed by atoms with Crippen molar-refractivity contribution in [2.45, 2.75) is 51.7 Å². The second-order valence-corrected chi connectivity index (χ2v) is 4.99. The maximum Gasteiger partial charge on any atom is 0.0875 e. The average Bonchev–Trinajstić information content (AvgIpc) is 2.45. The van der Waals surface area contributed by atoms with E-state index in [0.29, 0.717) is 12.7 Å². The first kappa shape index (κ1) is 16.4. The molecule has 2 rings (SSSR count). The van der Waals surface area contributed by atoms with E-state index < -0.39 is 0 Å². The largest absolute Gasteiger partial charge is 0.381 e. The predicted molar refractivity (Wildman–Crippen MR) is 78.4 cm³/mol. The number of hydrogen-bond donors (Lipinski definition) is 0. The van der Waals surface area contributed by atoms with Gasteiger partial charge in [0.2, 0.25) is 0 Å². The van der Waals surface area contributed by atoms with Crippen molar-refractivity contribution in [1.29, 1.82) is 0 Å². The molecule has 0 saturated carbocycles. The van der Waals surface area contributed by atoms with Gasteiger partial charge < -0.3 is 14.2 Å². The van der Waals surface area contributed by atoms with Crippen molar-refractivity contribution in [2.75, 3.05) is 26.9 Å². The molecule has 0 aromatic heterocycles. The lowest BCUT2D eigenvalue weighted by atomic mass is 9.93. The van der Waals surface area contributed by atoms with Crippen molar-refractivity contribution >= 4 is 0 Å². The van der Waals surface area contributed by atoms with E-state index in [9.17, 15) is 0 Å². The summed E-state index contributed by atoms with van der Waals surface area (Å²) in [7, 11) is 1.72. The van der Waals surface area contributed by atoms with E-state index in [1.807, 2.05) is 13.8 Å². The van der Waals surface area contributed by atoms with Crippen molar-refractivity contribution in [3.8, 4) is 0 Å². The molecule has 0 bridgehead atoms. The van der Waals surface area contributed by atoms with Crippen molar-refractivity contribution in [1.82, 2.24) is 0 Å². The molecule has 110 valence electrons. The number of hydrogen-bond acceptors (Lipinski definition) is 3. The Kier molecular flexibility index (Phi) is 7.36. The highest BCUT2D eigenvalue weighted by atomic mass is 16.5. The number of methoxy groups -OCH3 is 1. The van der Waals surface area contributed by atoms with Gasteiger partial charge in [-0.15, -0.1) is 0 Å². The van der Waals surface area contributed by atoms with Crippen LogP contribution in [0.5, 0.6) is 0 Å². The summed E-state index contributed by atoms with van der Waals surface area (Å²) in [6, 6.07) is 0. The lowest BCUT2D eigenvalue weighted by Gasteiger charge is -2.34. The molecule has 1 unspecified atom stereocenters. The van der Waals surface area contributed by atoms with Gasteiger partial charge >= 0.3 is 0 Å². The van der Waals surface area contributed by atoms with Crippen LogP contribution in [-0.2, 0) is 14.2 Å². The van der Waals surface area contributed by atoms with E-state index in [-0.39, 0.29) is 5.60 Å². The summed E-state index contributed by atoms with van der Waals surface area (Å²) in [5, 5.41) is 0. The lowest BCUT2D eigenvalue weighted by molar-refractivity contribution is -0.0944. The van der Waals surface area contributed by atoms with Gasteiger partial charge in [-0.2, -0.15) is 0 Å². The maximum atomic E-state index is 6.19. The molecule has 0 radical (unpaired) electrons. The van der Waals surface area contributed by atoms with Gasteiger partial charge in [0.25, 0.3) is 0 Å². The van der Waals surface area contributed by atoms with E-state index in [0.717, 1.165) is 32.5 Å². The first-order valence-electron chi connectivity index (χ1n) is 7.35. The monoisotopic (exact) mass is 268 g/mol. The summed E-state index contributed by atoms with van der Waals surface area (Å²) in [6.45, 7) is 8.49. The van der Waals surface area contributed by atoms with E-state index in [2.05, 4.69) is 25.2 Å². The molecule has 1 heterocycles. The fraction of sp³-hybridized carbons (Fsp3) is 0.750. The van der Waals surface area contributed by atoms with Crippen molar-refractivity contribution < 1.29 is 14.2 Å². The van der Waals surface area contributed by atoms with Gasteiger partial charge in [0.1, 0.15) is 0 Å². The van der Waals surface area contributed by atoms with Gasteiger partial charge in [-0.25, -0.2) is 0 Å². The number of rotatable bonds is 4. The zero-order valence-electron chi connectivity index (χ0n) is 12.8. The summed E-state index contributed by atoms with van der Waals surface area (Å²) in [6.07, 6.45) is 9.79. The van der Waals surface area contributed by atoms with Gasteiger partial charge in [-0.3, -0.25) is 0 Å². The highest BCUT2D eigenvalue weighted by Crippen LogP contribution is 2.28. The first-order chi connectivity index (χ1) is 9.22. The highest BCUT2D eigenvalue weighted by molar-refractivity contribution is 5.27. The third-order valence-electron chi connectivity index (χ3n) is 3.33. The zero-order valence-corrected chi connectivity index (χ0v) is 12.8. The van der Waals surface area contributed by atoms with Gasteiger partial charge in [0.15, 0.2) is 0 Å². The second kappa shape index (κ2) is 8.51. The topological polar surface area (TPSA) is 27.7 Å². The van der Waals surface area contributed by atoms with E-state index in [1.165, 1.54) is 5.57 Å². The molecule has 1 aliphatic carbocycles. The first-order valence-corrected chi connectivity index (χ1v) is 7.35. The third-order valence-corrected chi connectivity index (χ3v) is 3.33. The van der Waals surface area contributed by atoms with Gasteiger partial charge in [-0.05, 0) is 31.8 Å². The van der Waals surface area contributed by atoms with Crippen LogP contribution in [-0.4, -0.2) is 38.6 Å². The van der Waals surface area contributed by atoms with Crippen LogP contribution in [0.3, 0.4) is 0 Å². The molecule has 1 atom stereocenters. The summed E-state index contributed by atoms with van der Waals surface area (Å²) < 4.78 is 16.7. The van der Waals surface area contributed by atoms with Crippen LogP contribution in [0.2, 0.25) is 0 Å². The van der Waals surface area contributed by atoms with Gasteiger partial charge in [0.05, 0.1) is 18.3 Å². The molecule has 3 heteroatoms. The molecule has 19 heavy (non-hydrogen) atoms. The highest BCUT2D eigenvalue weighted by Gasteiger charge is 2.28. The average molecular weight is 268 g/mol. The van der Waals surface area contributed by atoms with Crippen molar-refractivity contribution in [3.05, 3.63) is 23.8 Å². The van der Waals surface area contributed by atoms with Crippen molar-refractivity contribution in [3.63, 3.8) is 0 Å². The van der Waals surface area contributed by atoms with Crippen molar-refractivity contribution in [2.24, 2.45) is 0 Å². The normalized spacial score (nSPS) is 27.5. The minimum Gasteiger partial charge on any atom is -0.381 e. The van der Waals surface area contributed by atoms with Crippen LogP contribution in [0.4, 0.5) is 0 Å². The standard InChI is InChI=1S/C14H22O3.C2H6/c1-14(17-13-5-9-16-10-6-13)7-3-12(4-8-14)11-15-2;1-2/h3-4,7,13H,5-6,8-11H2,1-2H3;1-2H3. The third kappa shape index (κ3) is 5.47. The SMILES string of the molecule is CC.COCC1=CCC(C)(OC2CCOCC2)C=C1. The van der Waals surface area contributed by atoms with Crippen LogP contribution in [0.15, 0.2) is 23.8 Å². The second-order valence-electron chi connectivity index (χ2n) is 4.99. The minimum absolute atomic E-state index is 0.154. The van der Waals surface area contributed by atoms with Crippen LogP contribution in [0, 0.1) is 0 Å². The molecule has 0 spiro atoms. The van der Waals surface area contributed by atoms with E-state index >= 15 is 0 Å². The minimum atomic E-state index is -0.154. The van der Waals surface area contributed by atoms with Crippen LogP contribution < -0.4 is 0 Å². The molecule has 2 aliphatic rings. The summed E-state index contributed by atoms with van der Waals surface area (Å²) in [4.78, 5) is 0. The molecule has 1 aliphatic heterocycles. The molecular formula is C16H28O3. The fourth-order valence-electron chi connectivity index (χ4n) is 2.29. The molecule has 1 fully saturated rings. The summed E-state index contributed by atoms with van der Waals surface area (Å²) >= 11 is 0. The Morgan fingerprint density at radius 1 is 1.32 bits per heavy atom. The van der Waals surface area contributed by atoms with Crippen LogP contribution in [0.1, 0.15) is 40.0 Å². The molecular weight excluding hydrogens is 240 g/mol. The lowest BCUT2D eigenvalue weighted by Crippen LogP contribution is -2.35. The fourth-order valence-corrected chi connectivity index (χ4v) is 2.29. The maximum absolute atomic E-state index is 6.19. The van der Waals surface area contributed by atoms with E-state index in [4.69, 9.17) is 14.2 Å². The smallest absolute Gasteiger partial charge is 0.0875 e. The number of ether oxygens (including phenoxy) is 3. The van der Waals surface area contributed by atoms with Gasteiger partial charge in [0, 0.05) is 20.3 Å². The Bertz CT molecular complexity index is 303. The summed E-state index contributed by atoms with van der Waals surface area (Å²) in [5.41, 5.74) is 1.08. The molecule has 0 amide bonds. The Hall–Kier alpha value is -0.640. The molecule has 0 aromatic carbocycles. The summed E-state index contributed by atoms with van der Waals surface area (Å²) in [5.74, 6) is 0. The van der Waals surface area contributed by atoms with E-state index in [1.54, 1.807) is 7.11 Å². The predicted octanol–water partition coefficient (Wildman–Crippen LogP) is 3.50. The quantitative estimate of drug-likeness (QED) is 0.781. The molecule has 1 saturated heterocycles. The Balaban J connectivity index is 0.000000861. The molecule has 3 nitrogen and oxygen atoms in total.